The van der Waals surface area contributed by atoms with Crippen LogP contribution < -0.4 is 10.3 Å². The fourth-order valence-corrected chi connectivity index (χ4v) is 3.64. The second-order valence-corrected chi connectivity index (χ2v) is 7.19. The van der Waals surface area contributed by atoms with Crippen LogP contribution in [-0.2, 0) is 0 Å². The standard InChI is InChI=1S/C21H18F3N3O3/c22-21(23,24)20(29,10-13-8-9-30-18-7-2-1-4-14(13)18)12-25-17-6-3-5-15-16(17)11-26-27-19(15)28/h1-7,11-13,29H,8-10H2,(H,27,28). The number of fused-ring (bicyclic) bond motifs is 2. The van der Waals surface area contributed by atoms with Crippen LogP contribution in [0.15, 0.2) is 58.4 Å². The first kappa shape index (κ1) is 20.1. The van der Waals surface area contributed by atoms with E-state index in [0.29, 0.717) is 29.3 Å². The summed E-state index contributed by atoms with van der Waals surface area (Å²) in [5.74, 6) is -0.0281. The number of hydrogen-bond donors (Lipinski definition) is 2. The van der Waals surface area contributed by atoms with Gasteiger partial charge in [0.25, 0.3) is 5.56 Å². The maximum Gasteiger partial charge on any atom is 0.422 e. The van der Waals surface area contributed by atoms with Crippen LogP contribution in [0, 0.1) is 0 Å². The van der Waals surface area contributed by atoms with Crippen LogP contribution in [0.1, 0.15) is 24.3 Å². The fourth-order valence-electron chi connectivity index (χ4n) is 3.64. The van der Waals surface area contributed by atoms with E-state index in [-0.39, 0.29) is 17.7 Å². The van der Waals surface area contributed by atoms with Crippen molar-refractivity contribution in [3.63, 3.8) is 0 Å². The molecule has 4 rings (SSSR count). The molecule has 156 valence electrons. The number of nitrogens with zero attached hydrogens (tertiary/aromatic N) is 2. The monoisotopic (exact) mass is 417 g/mol. The number of aliphatic imine (C=N–C) groups is 1. The van der Waals surface area contributed by atoms with E-state index < -0.39 is 29.7 Å². The molecule has 0 bridgehead atoms. The summed E-state index contributed by atoms with van der Waals surface area (Å²) < 4.78 is 47.1. The van der Waals surface area contributed by atoms with Gasteiger partial charge in [-0.15, -0.1) is 0 Å². The van der Waals surface area contributed by atoms with Gasteiger partial charge in [-0.1, -0.05) is 24.3 Å². The van der Waals surface area contributed by atoms with Crippen molar-refractivity contribution in [2.75, 3.05) is 6.61 Å². The van der Waals surface area contributed by atoms with Gasteiger partial charge in [-0.2, -0.15) is 18.3 Å². The number of rotatable bonds is 4. The van der Waals surface area contributed by atoms with Crippen molar-refractivity contribution in [3.8, 4) is 5.75 Å². The van der Waals surface area contributed by atoms with Crippen molar-refractivity contribution in [1.82, 2.24) is 10.2 Å². The first-order chi connectivity index (χ1) is 14.3. The molecule has 6 nitrogen and oxygen atoms in total. The van der Waals surface area contributed by atoms with E-state index in [4.69, 9.17) is 4.74 Å². The lowest BCUT2D eigenvalue weighted by Gasteiger charge is -2.33. The number of para-hydroxylation sites is 1. The Balaban J connectivity index is 1.71. The number of benzene rings is 2. The summed E-state index contributed by atoms with van der Waals surface area (Å²) >= 11 is 0. The highest BCUT2D eigenvalue weighted by atomic mass is 19.4. The Morgan fingerprint density at radius 2 is 2.00 bits per heavy atom. The predicted molar refractivity (Wildman–Crippen MR) is 105 cm³/mol. The Labute approximate surface area is 169 Å². The van der Waals surface area contributed by atoms with E-state index in [2.05, 4.69) is 15.2 Å². The van der Waals surface area contributed by atoms with Crippen LogP contribution in [0.2, 0.25) is 0 Å². The minimum Gasteiger partial charge on any atom is -0.493 e. The Hall–Kier alpha value is -3.20. The Morgan fingerprint density at radius 3 is 2.80 bits per heavy atom. The molecule has 2 aromatic carbocycles. The highest BCUT2D eigenvalue weighted by Gasteiger charge is 2.54. The Morgan fingerprint density at radius 1 is 1.20 bits per heavy atom. The summed E-state index contributed by atoms with van der Waals surface area (Å²) in [5, 5.41) is 17.1. The molecule has 0 saturated carbocycles. The number of aromatic amines is 1. The molecule has 0 radical (unpaired) electrons. The molecule has 1 aliphatic rings. The van der Waals surface area contributed by atoms with E-state index in [1.54, 1.807) is 24.3 Å². The molecule has 9 heteroatoms. The number of halogens is 3. The van der Waals surface area contributed by atoms with Crippen LogP contribution in [0.25, 0.3) is 10.8 Å². The van der Waals surface area contributed by atoms with Gasteiger partial charge in [-0.25, -0.2) is 5.10 Å². The van der Waals surface area contributed by atoms with Crippen LogP contribution in [0.5, 0.6) is 5.75 Å². The third kappa shape index (κ3) is 3.68. The van der Waals surface area contributed by atoms with Crippen LogP contribution in [0.4, 0.5) is 18.9 Å². The van der Waals surface area contributed by atoms with Gasteiger partial charge in [0, 0.05) is 11.6 Å². The van der Waals surface area contributed by atoms with Gasteiger partial charge in [0.15, 0.2) is 5.60 Å². The zero-order chi connectivity index (χ0) is 21.4. The van der Waals surface area contributed by atoms with Gasteiger partial charge < -0.3 is 9.84 Å². The van der Waals surface area contributed by atoms with Crippen LogP contribution in [0.3, 0.4) is 0 Å². The van der Waals surface area contributed by atoms with E-state index in [1.165, 1.54) is 24.4 Å². The van der Waals surface area contributed by atoms with Gasteiger partial charge in [-0.05, 0) is 42.5 Å². The van der Waals surface area contributed by atoms with Crippen molar-refractivity contribution in [2.24, 2.45) is 4.99 Å². The molecule has 30 heavy (non-hydrogen) atoms. The van der Waals surface area contributed by atoms with Crippen LogP contribution in [-0.4, -0.2) is 39.9 Å². The molecule has 3 aromatic rings. The normalized spacial score (nSPS) is 18.7. The molecular formula is C21H18F3N3O3. The molecular weight excluding hydrogens is 399 g/mol. The SMILES string of the molecule is O=c1[nH]ncc2c(N=CC(O)(CC3CCOc4ccccc43)C(F)(F)F)cccc12. The van der Waals surface area contributed by atoms with Gasteiger partial charge in [0.1, 0.15) is 5.75 Å². The number of ether oxygens (including phenoxy) is 1. The summed E-state index contributed by atoms with van der Waals surface area (Å²) in [4.78, 5) is 15.8. The fraction of sp³-hybridized carbons (Fsp3) is 0.286. The van der Waals surface area contributed by atoms with E-state index in [1.807, 2.05) is 0 Å². The summed E-state index contributed by atoms with van der Waals surface area (Å²) in [6.07, 6.45) is -3.36. The molecule has 1 aromatic heterocycles. The molecule has 2 atom stereocenters. The lowest BCUT2D eigenvalue weighted by molar-refractivity contribution is -0.232. The summed E-state index contributed by atoms with van der Waals surface area (Å²) in [6, 6.07) is 11.4. The number of aliphatic hydroxyl groups is 1. The highest BCUT2D eigenvalue weighted by Crippen LogP contribution is 2.43. The maximum absolute atomic E-state index is 13.9. The maximum atomic E-state index is 13.9. The largest absolute Gasteiger partial charge is 0.493 e. The number of alkyl halides is 3. The Bertz CT molecular complexity index is 1160. The number of hydrogen-bond acceptors (Lipinski definition) is 5. The van der Waals surface area contributed by atoms with Crippen molar-refractivity contribution >= 4 is 22.7 Å². The smallest absolute Gasteiger partial charge is 0.422 e. The zero-order valence-electron chi connectivity index (χ0n) is 15.7. The summed E-state index contributed by atoms with van der Waals surface area (Å²) in [5.41, 5.74) is -2.89. The summed E-state index contributed by atoms with van der Waals surface area (Å²) in [6.45, 7) is 0.268. The third-order valence-corrected chi connectivity index (χ3v) is 5.24. The predicted octanol–water partition coefficient (Wildman–Crippen LogP) is 3.88. The minimum absolute atomic E-state index is 0.112. The molecule has 2 heterocycles. The number of nitrogens with one attached hydrogen (secondary N) is 1. The van der Waals surface area contributed by atoms with Crippen molar-refractivity contribution in [3.05, 3.63) is 64.6 Å². The number of aromatic nitrogens is 2. The van der Waals surface area contributed by atoms with Crippen molar-refractivity contribution < 1.29 is 23.0 Å². The lowest BCUT2D eigenvalue weighted by Crippen LogP contribution is -2.48. The van der Waals surface area contributed by atoms with E-state index in [0.717, 1.165) is 0 Å². The molecule has 1 aliphatic heterocycles. The molecule has 0 amide bonds. The van der Waals surface area contributed by atoms with E-state index >= 15 is 0 Å². The van der Waals surface area contributed by atoms with E-state index in [9.17, 15) is 23.1 Å². The average molecular weight is 417 g/mol. The van der Waals surface area contributed by atoms with Gasteiger partial charge in [0.05, 0.1) is 23.9 Å². The molecule has 2 unspecified atom stereocenters. The minimum atomic E-state index is -4.94. The lowest BCUT2D eigenvalue weighted by atomic mass is 9.82. The quantitative estimate of drug-likeness (QED) is 0.631. The molecule has 0 saturated heterocycles. The van der Waals surface area contributed by atoms with Crippen LogP contribution >= 0.6 is 0 Å². The van der Waals surface area contributed by atoms with Gasteiger partial charge >= 0.3 is 6.18 Å². The Kier molecular flexibility index (Phi) is 5.07. The van der Waals surface area contributed by atoms with Gasteiger partial charge in [-0.3, -0.25) is 9.79 Å². The average Bonchev–Trinajstić information content (AvgIpc) is 2.72. The second-order valence-electron chi connectivity index (χ2n) is 7.19. The molecule has 2 N–H and O–H groups in total. The number of H-pyrrole nitrogens is 1. The van der Waals surface area contributed by atoms with Crippen molar-refractivity contribution in [2.45, 2.75) is 30.5 Å². The second kappa shape index (κ2) is 7.56. The highest BCUT2D eigenvalue weighted by molar-refractivity contribution is 5.93. The topological polar surface area (TPSA) is 87.6 Å². The first-order valence-corrected chi connectivity index (χ1v) is 9.31. The molecule has 0 aliphatic carbocycles. The summed E-state index contributed by atoms with van der Waals surface area (Å²) in [7, 11) is 0. The first-order valence-electron chi connectivity index (χ1n) is 9.31. The molecule has 0 spiro atoms. The van der Waals surface area contributed by atoms with Crippen molar-refractivity contribution in [1.29, 1.82) is 0 Å². The third-order valence-electron chi connectivity index (χ3n) is 5.24. The zero-order valence-corrected chi connectivity index (χ0v) is 15.7. The van der Waals surface area contributed by atoms with Gasteiger partial charge in [0.2, 0.25) is 0 Å². The molecule has 0 fully saturated rings.